The fourth-order valence-corrected chi connectivity index (χ4v) is 2.48. The van der Waals surface area contributed by atoms with Crippen molar-refractivity contribution in [2.75, 3.05) is 6.54 Å². The van der Waals surface area contributed by atoms with Crippen LogP contribution in [0.3, 0.4) is 0 Å². The van der Waals surface area contributed by atoms with Crippen LogP contribution >= 0.6 is 0 Å². The molecule has 0 radical (unpaired) electrons. The van der Waals surface area contributed by atoms with Crippen molar-refractivity contribution in [1.82, 2.24) is 24.8 Å². The zero-order chi connectivity index (χ0) is 13.9. The molecule has 0 aliphatic rings. The van der Waals surface area contributed by atoms with Crippen LogP contribution in [0.1, 0.15) is 24.6 Å². The van der Waals surface area contributed by atoms with Gasteiger partial charge >= 0.3 is 0 Å². The average molecular weight is 269 g/mol. The zero-order valence-corrected chi connectivity index (χ0v) is 11.8. The standard InChI is InChI=1S/C15H19N5/c1-11(16-8-7-14-17-9-10-18-14)15-19-12-5-3-4-6-13(12)20(15)2/h3-6,9-11,16H,7-8H2,1-2H3,(H,17,18). The summed E-state index contributed by atoms with van der Waals surface area (Å²) in [6.45, 7) is 3.02. The molecule has 1 unspecified atom stereocenters. The van der Waals surface area contributed by atoms with Gasteiger partial charge in [0.2, 0.25) is 0 Å². The monoisotopic (exact) mass is 269 g/mol. The van der Waals surface area contributed by atoms with E-state index in [9.17, 15) is 0 Å². The SMILES string of the molecule is CC(NCCc1ncc[nH]1)c1nc2ccccc2n1C. The minimum atomic E-state index is 0.211. The number of aromatic nitrogens is 4. The van der Waals surface area contributed by atoms with Crippen molar-refractivity contribution in [2.45, 2.75) is 19.4 Å². The molecule has 0 fully saturated rings. The van der Waals surface area contributed by atoms with Gasteiger partial charge in [0, 0.05) is 32.4 Å². The fraction of sp³-hybridized carbons (Fsp3) is 0.333. The Balaban J connectivity index is 1.69. The average Bonchev–Trinajstić information content (AvgIpc) is 3.08. The van der Waals surface area contributed by atoms with Crippen LogP contribution in [-0.4, -0.2) is 26.1 Å². The fourth-order valence-electron chi connectivity index (χ4n) is 2.48. The second-order valence-electron chi connectivity index (χ2n) is 4.98. The van der Waals surface area contributed by atoms with E-state index in [1.54, 1.807) is 6.20 Å². The second kappa shape index (κ2) is 5.46. The molecule has 0 aliphatic heterocycles. The minimum Gasteiger partial charge on any atom is -0.349 e. The molecular weight excluding hydrogens is 250 g/mol. The van der Waals surface area contributed by atoms with Gasteiger partial charge in [-0.3, -0.25) is 0 Å². The summed E-state index contributed by atoms with van der Waals surface area (Å²) >= 11 is 0. The number of nitrogens with one attached hydrogen (secondary N) is 2. The Hall–Kier alpha value is -2.14. The molecule has 0 saturated heterocycles. The molecule has 5 heteroatoms. The number of nitrogens with zero attached hydrogens (tertiary/aromatic N) is 3. The van der Waals surface area contributed by atoms with Gasteiger partial charge in [-0.05, 0) is 19.1 Å². The number of fused-ring (bicyclic) bond motifs is 1. The van der Waals surface area contributed by atoms with Crippen molar-refractivity contribution in [3.63, 3.8) is 0 Å². The van der Waals surface area contributed by atoms with Crippen molar-refractivity contribution in [2.24, 2.45) is 7.05 Å². The van der Waals surface area contributed by atoms with E-state index in [0.717, 1.165) is 30.1 Å². The lowest BCUT2D eigenvalue weighted by atomic mass is 10.3. The molecular formula is C15H19N5. The maximum atomic E-state index is 4.70. The molecule has 20 heavy (non-hydrogen) atoms. The lowest BCUT2D eigenvalue weighted by molar-refractivity contribution is 0.532. The van der Waals surface area contributed by atoms with E-state index in [1.165, 1.54) is 5.52 Å². The molecule has 0 spiro atoms. The van der Waals surface area contributed by atoms with E-state index in [-0.39, 0.29) is 6.04 Å². The number of benzene rings is 1. The molecule has 1 aromatic carbocycles. The molecule has 2 heterocycles. The predicted octanol–water partition coefficient (Wildman–Crippen LogP) is 2.19. The molecule has 2 aromatic heterocycles. The minimum absolute atomic E-state index is 0.211. The Morgan fingerprint density at radius 2 is 2.20 bits per heavy atom. The molecule has 2 N–H and O–H groups in total. The first kappa shape index (κ1) is 12.9. The van der Waals surface area contributed by atoms with Crippen molar-refractivity contribution in [3.8, 4) is 0 Å². The van der Waals surface area contributed by atoms with Gasteiger partial charge < -0.3 is 14.9 Å². The Bertz CT molecular complexity index is 683. The first-order valence-corrected chi connectivity index (χ1v) is 6.88. The normalized spacial score (nSPS) is 12.9. The second-order valence-corrected chi connectivity index (χ2v) is 4.98. The molecule has 0 bridgehead atoms. The molecule has 3 aromatic rings. The topological polar surface area (TPSA) is 58.5 Å². The summed E-state index contributed by atoms with van der Waals surface area (Å²) in [5.41, 5.74) is 2.21. The lowest BCUT2D eigenvalue weighted by Crippen LogP contribution is -2.24. The van der Waals surface area contributed by atoms with Gasteiger partial charge in [0.25, 0.3) is 0 Å². The highest BCUT2D eigenvalue weighted by Gasteiger charge is 2.13. The number of aromatic amines is 1. The van der Waals surface area contributed by atoms with Gasteiger partial charge in [0.15, 0.2) is 0 Å². The predicted molar refractivity (Wildman–Crippen MR) is 79.4 cm³/mol. The van der Waals surface area contributed by atoms with E-state index in [2.05, 4.69) is 46.0 Å². The van der Waals surface area contributed by atoms with Crippen LogP contribution < -0.4 is 5.32 Å². The van der Waals surface area contributed by atoms with Crippen molar-refractivity contribution >= 4 is 11.0 Å². The lowest BCUT2D eigenvalue weighted by Gasteiger charge is -2.13. The number of H-pyrrole nitrogens is 1. The van der Waals surface area contributed by atoms with Crippen LogP contribution in [0.15, 0.2) is 36.7 Å². The quantitative estimate of drug-likeness (QED) is 0.746. The third-order valence-electron chi connectivity index (χ3n) is 3.58. The van der Waals surface area contributed by atoms with Crippen molar-refractivity contribution in [1.29, 1.82) is 0 Å². The molecule has 1 atom stereocenters. The van der Waals surface area contributed by atoms with Gasteiger partial charge in [0.1, 0.15) is 11.6 Å². The maximum absolute atomic E-state index is 4.70. The zero-order valence-electron chi connectivity index (χ0n) is 11.8. The van der Waals surface area contributed by atoms with Crippen LogP contribution in [0.4, 0.5) is 0 Å². The van der Waals surface area contributed by atoms with Gasteiger partial charge in [-0.15, -0.1) is 0 Å². The Labute approximate surface area is 118 Å². The van der Waals surface area contributed by atoms with Crippen molar-refractivity contribution < 1.29 is 0 Å². The van der Waals surface area contributed by atoms with Crippen LogP contribution in [0.2, 0.25) is 0 Å². The maximum Gasteiger partial charge on any atom is 0.126 e. The van der Waals surface area contributed by atoms with Crippen LogP contribution in [0, 0.1) is 0 Å². The summed E-state index contributed by atoms with van der Waals surface area (Å²) in [4.78, 5) is 12.0. The number of imidazole rings is 2. The third-order valence-corrected chi connectivity index (χ3v) is 3.58. The summed E-state index contributed by atoms with van der Waals surface area (Å²) in [6.07, 6.45) is 4.52. The van der Waals surface area contributed by atoms with E-state index < -0.39 is 0 Å². The summed E-state index contributed by atoms with van der Waals surface area (Å²) < 4.78 is 2.15. The smallest absolute Gasteiger partial charge is 0.126 e. The first-order chi connectivity index (χ1) is 9.75. The summed E-state index contributed by atoms with van der Waals surface area (Å²) in [5.74, 6) is 2.07. The molecule has 0 saturated carbocycles. The first-order valence-electron chi connectivity index (χ1n) is 6.88. The number of hydrogen-bond donors (Lipinski definition) is 2. The highest BCUT2D eigenvalue weighted by atomic mass is 15.1. The number of para-hydroxylation sites is 2. The van der Waals surface area contributed by atoms with Crippen LogP contribution in [0.25, 0.3) is 11.0 Å². The van der Waals surface area contributed by atoms with Crippen LogP contribution in [0.5, 0.6) is 0 Å². The highest BCUT2D eigenvalue weighted by molar-refractivity contribution is 5.75. The summed E-state index contributed by atoms with van der Waals surface area (Å²) in [5, 5.41) is 3.50. The Morgan fingerprint density at radius 3 is 2.95 bits per heavy atom. The third kappa shape index (κ3) is 2.44. The van der Waals surface area contributed by atoms with Gasteiger partial charge in [-0.1, -0.05) is 12.1 Å². The van der Waals surface area contributed by atoms with Crippen molar-refractivity contribution in [3.05, 3.63) is 48.3 Å². The highest BCUT2D eigenvalue weighted by Crippen LogP contribution is 2.18. The molecule has 0 aliphatic carbocycles. The van der Waals surface area contributed by atoms with E-state index in [0.29, 0.717) is 0 Å². The molecule has 3 rings (SSSR count). The molecule has 104 valence electrons. The Morgan fingerprint density at radius 1 is 1.35 bits per heavy atom. The Kier molecular flexibility index (Phi) is 3.52. The number of aryl methyl sites for hydroxylation is 1. The van der Waals surface area contributed by atoms with Gasteiger partial charge in [0.05, 0.1) is 17.1 Å². The van der Waals surface area contributed by atoms with Crippen LogP contribution in [-0.2, 0) is 13.5 Å². The largest absolute Gasteiger partial charge is 0.349 e. The van der Waals surface area contributed by atoms with E-state index in [1.807, 2.05) is 18.3 Å². The van der Waals surface area contributed by atoms with E-state index in [4.69, 9.17) is 4.98 Å². The van der Waals surface area contributed by atoms with Gasteiger partial charge in [-0.25, -0.2) is 9.97 Å². The summed E-state index contributed by atoms with van der Waals surface area (Å²) in [7, 11) is 2.06. The number of rotatable bonds is 5. The van der Waals surface area contributed by atoms with E-state index >= 15 is 0 Å². The molecule has 5 nitrogen and oxygen atoms in total. The number of hydrogen-bond acceptors (Lipinski definition) is 3. The van der Waals surface area contributed by atoms with Gasteiger partial charge in [-0.2, -0.15) is 0 Å². The molecule has 0 amide bonds. The summed E-state index contributed by atoms with van der Waals surface area (Å²) in [6, 6.07) is 8.43.